The normalized spacial score (nSPS) is 20.4. The fourth-order valence-electron chi connectivity index (χ4n) is 3.94. The SMILES string of the molecule is C/C(=C\c1ccc(O)c2ccccc12)CC[C@@H](O)C1=C(CO)CS(=O)(=O)[C@H]1CO. The first-order chi connectivity index (χ1) is 13.8. The van der Waals surface area contributed by atoms with Gasteiger partial charge in [-0.05, 0) is 47.9 Å². The summed E-state index contributed by atoms with van der Waals surface area (Å²) in [6, 6.07) is 11.0. The second-order valence-corrected chi connectivity index (χ2v) is 9.64. The van der Waals surface area contributed by atoms with Crippen LogP contribution in [0.4, 0.5) is 0 Å². The lowest BCUT2D eigenvalue weighted by Gasteiger charge is -2.19. The van der Waals surface area contributed by atoms with Gasteiger partial charge in [-0.15, -0.1) is 0 Å². The summed E-state index contributed by atoms with van der Waals surface area (Å²) in [4.78, 5) is 0. The largest absolute Gasteiger partial charge is 0.507 e. The summed E-state index contributed by atoms with van der Waals surface area (Å²) < 4.78 is 24.3. The smallest absolute Gasteiger partial charge is 0.163 e. The first-order valence-electron chi connectivity index (χ1n) is 9.49. The average Bonchev–Trinajstić information content (AvgIpc) is 2.98. The quantitative estimate of drug-likeness (QED) is 0.512. The van der Waals surface area contributed by atoms with E-state index >= 15 is 0 Å². The van der Waals surface area contributed by atoms with Crippen molar-refractivity contribution in [3.05, 3.63) is 58.7 Å². The lowest BCUT2D eigenvalue weighted by Crippen LogP contribution is -2.29. The van der Waals surface area contributed by atoms with Crippen LogP contribution in [-0.2, 0) is 9.84 Å². The van der Waals surface area contributed by atoms with Crippen LogP contribution < -0.4 is 0 Å². The Hall–Kier alpha value is -2.19. The Morgan fingerprint density at radius 3 is 2.52 bits per heavy atom. The third kappa shape index (κ3) is 4.38. The van der Waals surface area contributed by atoms with Gasteiger partial charge in [0.2, 0.25) is 0 Å². The number of phenolic OH excluding ortho intramolecular Hbond substituents is 1. The number of hydrogen-bond donors (Lipinski definition) is 4. The van der Waals surface area contributed by atoms with E-state index in [4.69, 9.17) is 0 Å². The zero-order valence-electron chi connectivity index (χ0n) is 16.2. The molecule has 1 aliphatic heterocycles. The molecule has 0 amide bonds. The van der Waals surface area contributed by atoms with Crippen molar-refractivity contribution in [3.63, 3.8) is 0 Å². The zero-order valence-corrected chi connectivity index (χ0v) is 17.1. The van der Waals surface area contributed by atoms with Crippen LogP contribution in [-0.4, -0.2) is 59.2 Å². The molecule has 2 aromatic carbocycles. The predicted octanol–water partition coefficient (Wildman–Crippen LogP) is 2.17. The van der Waals surface area contributed by atoms with Gasteiger partial charge in [-0.3, -0.25) is 0 Å². The maximum atomic E-state index is 12.2. The molecule has 0 saturated heterocycles. The lowest BCUT2D eigenvalue weighted by molar-refractivity contribution is 0.186. The number of fused-ring (bicyclic) bond motifs is 1. The van der Waals surface area contributed by atoms with Gasteiger partial charge in [0.25, 0.3) is 0 Å². The number of phenols is 1. The maximum absolute atomic E-state index is 12.2. The molecule has 0 radical (unpaired) electrons. The van der Waals surface area contributed by atoms with E-state index in [2.05, 4.69) is 0 Å². The molecule has 2 aromatic rings. The monoisotopic (exact) mass is 418 g/mol. The van der Waals surface area contributed by atoms with Crippen molar-refractivity contribution in [2.45, 2.75) is 31.1 Å². The van der Waals surface area contributed by atoms with E-state index in [0.29, 0.717) is 6.42 Å². The van der Waals surface area contributed by atoms with Crippen molar-refractivity contribution in [3.8, 4) is 5.75 Å². The van der Waals surface area contributed by atoms with E-state index in [-0.39, 0.29) is 29.1 Å². The zero-order chi connectivity index (χ0) is 21.2. The molecule has 2 atom stereocenters. The Kier molecular flexibility index (Phi) is 6.43. The Balaban J connectivity index is 1.79. The van der Waals surface area contributed by atoms with Crippen LogP contribution in [0.5, 0.6) is 5.75 Å². The third-order valence-corrected chi connectivity index (χ3v) is 7.45. The van der Waals surface area contributed by atoms with Crippen LogP contribution in [0.3, 0.4) is 0 Å². The summed E-state index contributed by atoms with van der Waals surface area (Å²) in [5.41, 5.74) is 2.44. The number of allylic oxidation sites excluding steroid dienone is 1. The number of rotatable bonds is 7. The van der Waals surface area contributed by atoms with E-state index in [0.717, 1.165) is 21.9 Å². The van der Waals surface area contributed by atoms with Crippen molar-refractivity contribution < 1.29 is 28.8 Å². The second kappa shape index (κ2) is 8.67. The fraction of sp³-hybridized carbons (Fsp3) is 0.364. The van der Waals surface area contributed by atoms with Gasteiger partial charge in [0.05, 0.1) is 25.1 Å². The molecule has 6 nitrogen and oxygen atoms in total. The molecule has 3 rings (SSSR count). The highest BCUT2D eigenvalue weighted by atomic mass is 32.2. The van der Waals surface area contributed by atoms with Crippen molar-refractivity contribution in [1.29, 1.82) is 0 Å². The van der Waals surface area contributed by atoms with Crippen molar-refractivity contribution in [2.75, 3.05) is 19.0 Å². The van der Waals surface area contributed by atoms with Gasteiger partial charge >= 0.3 is 0 Å². The molecular weight excluding hydrogens is 392 g/mol. The van der Waals surface area contributed by atoms with Crippen molar-refractivity contribution in [2.24, 2.45) is 0 Å². The van der Waals surface area contributed by atoms with E-state index in [9.17, 15) is 28.8 Å². The van der Waals surface area contributed by atoms with Crippen LogP contribution >= 0.6 is 0 Å². The number of aromatic hydroxyl groups is 1. The summed E-state index contributed by atoms with van der Waals surface area (Å²) in [6.07, 6.45) is 1.72. The topological polar surface area (TPSA) is 115 Å². The van der Waals surface area contributed by atoms with Gasteiger partial charge in [-0.1, -0.05) is 42.0 Å². The molecule has 0 aliphatic carbocycles. The fourth-order valence-corrected chi connectivity index (χ4v) is 5.82. The first-order valence-corrected chi connectivity index (χ1v) is 11.2. The van der Waals surface area contributed by atoms with Crippen molar-refractivity contribution in [1.82, 2.24) is 0 Å². The molecule has 0 aromatic heterocycles. The Morgan fingerprint density at radius 1 is 1.17 bits per heavy atom. The predicted molar refractivity (Wildman–Crippen MR) is 113 cm³/mol. The van der Waals surface area contributed by atoms with Gasteiger partial charge in [0.15, 0.2) is 9.84 Å². The molecule has 7 heteroatoms. The number of hydrogen-bond acceptors (Lipinski definition) is 6. The van der Waals surface area contributed by atoms with Gasteiger partial charge in [-0.25, -0.2) is 8.42 Å². The number of sulfone groups is 1. The highest BCUT2D eigenvalue weighted by molar-refractivity contribution is 7.92. The summed E-state index contributed by atoms with van der Waals surface area (Å²) in [6.45, 7) is 0.869. The number of benzene rings is 2. The van der Waals surface area contributed by atoms with Crippen LogP contribution in [0.1, 0.15) is 25.3 Å². The second-order valence-electron chi connectivity index (χ2n) is 7.46. The molecule has 0 saturated carbocycles. The van der Waals surface area contributed by atoms with Gasteiger partial charge in [-0.2, -0.15) is 0 Å². The standard InChI is InChI=1S/C22H26O6S/c1-14(10-15-7-9-19(25)18-5-3-2-4-17(15)18)6-8-20(26)22-16(11-23)13-29(27,28)21(22)12-24/h2-5,7,9-10,20-21,23-26H,6,8,11-13H2,1H3/b14-10+/t20-,21+/m1/s1. The van der Waals surface area contributed by atoms with Crippen LogP contribution in [0, 0.1) is 0 Å². The molecule has 0 bridgehead atoms. The van der Waals surface area contributed by atoms with Crippen molar-refractivity contribution >= 4 is 26.7 Å². The lowest BCUT2D eigenvalue weighted by atomic mass is 9.95. The molecule has 1 aliphatic rings. The van der Waals surface area contributed by atoms with Gasteiger partial charge in [0.1, 0.15) is 11.0 Å². The summed E-state index contributed by atoms with van der Waals surface area (Å²) in [5.74, 6) is -0.109. The average molecular weight is 419 g/mol. The third-order valence-electron chi connectivity index (χ3n) is 5.43. The molecule has 29 heavy (non-hydrogen) atoms. The van der Waals surface area contributed by atoms with E-state index < -0.39 is 34.4 Å². The minimum atomic E-state index is -3.59. The highest BCUT2D eigenvalue weighted by Crippen LogP contribution is 2.32. The van der Waals surface area contributed by atoms with E-state index in [1.807, 2.05) is 43.3 Å². The Bertz CT molecular complexity index is 1070. The molecular formula is C22H26O6S. The molecule has 156 valence electrons. The van der Waals surface area contributed by atoms with Crippen LogP contribution in [0.15, 0.2) is 53.1 Å². The molecule has 1 heterocycles. The van der Waals surface area contributed by atoms with E-state index in [1.165, 1.54) is 0 Å². The van der Waals surface area contributed by atoms with Crippen LogP contribution in [0.2, 0.25) is 0 Å². The molecule has 0 unspecified atom stereocenters. The Morgan fingerprint density at radius 2 is 1.86 bits per heavy atom. The van der Waals surface area contributed by atoms with Gasteiger partial charge < -0.3 is 20.4 Å². The highest BCUT2D eigenvalue weighted by Gasteiger charge is 2.40. The number of aliphatic hydroxyl groups excluding tert-OH is 3. The summed E-state index contributed by atoms with van der Waals surface area (Å²) in [5, 5.41) is 40.1. The molecule has 0 fully saturated rings. The van der Waals surface area contributed by atoms with E-state index in [1.54, 1.807) is 6.07 Å². The number of aliphatic hydroxyl groups is 3. The maximum Gasteiger partial charge on any atom is 0.163 e. The molecule has 4 N–H and O–H groups in total. The summed E-state index contributed by atoms with van der Waals surface area (Å²) >= 11 is 0. The minimum absolute atomic E-state index is 0.215. The first kappa shape index (κ1) is 21.5. The molecule has 0 spiro atoms. The minimum Gasteiger partial charge on any atom is -0.507 e. The summed E-state index contributed by atoms with van der Waals surface area (Å²) in [7, 11) is -3.59. The van der Waals surface area contributed by atoms with Crippen LogP contribution in [0.25, 0.3) is 16.8 Å². The Labute approximate surface area is 170 Å². The van der Waals surface area contributed by atoms with Gasteiger partial charge in [0, 0.05) is 5.39 Å².